The van der Waals surface area contributed by atoms with Crippen LogP contribution < -0.4 is 11.1 Å². The molecule has 2 atom stereocenters. The molecule has 0 bridgehead atoms. The van der Waals surface area contributed by atoms with Gasteiger partial charge in [-0.1, -0.05) is 12.8 Å². The van der Waals surface area contributed by atoms with Gasteiger partial charge in [-0.3, -0.25) is 9.69 Å². The number of likely N-dealkylation sites (tertiary alicyclic amines) is 1. The van der Waals surface area contributed by atoms with Gasteiger partial charge in [-0.25, -0.2) is 0 Å². The molecule has 4 heteroatoms. The van der Waals surface area contributed by atoms with Crippen molar-refractivity contribution in [1.82, 2.24) is 10.2 Å². The van der Waals surface area contributed by atoms with E-state index in [1.807, 2.05) is 13.8 Å². The molecule has 0 aromatic heterocycles. The maximum atomic E-state index is 11.9. The molecule has 1 rings (SSSR count). The molecule has 0 radical (unpaired) electrons. The van der Waals surface area contributed by atoms with Crippen LogP contribution in [0.2, 0.25) is 0 Å². The average molecular weight is 255 g/mol. The Bertz CT molecular complexity index is 255. The zero-order valence-electron chi connectivity index (χ0n) is 12.1. The first-order valence-corrected chi connectivity index (χ1v) is 7.29. The fraction of sp³-hybridized carbons (Fsp3) is 0.929. The molecule has 1 heterocycles. The first-order valence-electron chi connectivity index (χ1n) is 7.29. The van der Waals surface area contributed by atoms with E-state index in [0.717, 1.165) is 6.54 Å². The van der Waals surface area contributed by atoms with Gasteiger partial charge >= 0.3 is 0 Å². The minimum absolute atomic E-state index is 0.122. The van der Waals surface area contributed by atoms with E-state index in [9.17, 15) is 4.79 Å². The highest BCUT2D eigenvalue weighted by Gasteiger charge is 2.25. The summed E-state index contributed by atoms with van der Waals surface area (Å²) in [7, 11) is 0. The number of carbonyl (C=O) groups is 1. The first kappa shape index (κ1) is 15.4. The Hall–Kier alpha value is -0.610. The summed E-state index contributed by atoms with van der Waals surface area (Å²) >= 11 is 0. The van der Waals surface area contributed by atoms with Crippen LogP contribution in [0.4, 0.5) is 0 Å². The van der Waals surface area contributed by atoms with Crippen LogP contribution in [0.1, 0.15) is 52.9 Å². The molecule has 3 N–H and O–H groups in total. The lowest BCUT2D eigenvalue weighted by Crippen LogP contribution is -2.48. The molecule has 0 saturated carbocycles. The van der Waals surface area contributed by atoms with Crippen molar-refractivity contribution in [3.8, 4) is 0 Å². The van der Waals surface area contributed by atoms with E-state index < -0.39 is 0 Å². The summed E-state index contributed by atoms with van der Waals surface area (Å²) in [6.07, 6.45) is 5.58. The predicted molar refractivity (Wildman–Crippen MR) is 75.4 cm³/mol. The molecular formula is C14H29N3O. The number of nitrogens with zero attached hydrogens (tertiary/aromatic N) is 1. The quantitative estimate of drug-likeness (QED) is 0.782. The highest BCUT2D eigenvalue weighted by atomic mass is 16.1. The van der Waals surface area contributed by atoms with Gasteiger partial charge in [-0.2, -0.15) is 0 Å². The molecule has 1 saturated heterocycles. The third kappa shape index (κ3) is 4.94. The van der Waals surface area contributed by atoms with Crippen LogP contribution in [0.3, 0.4) is 0 Å². The second-order valence-corrected chi connectivity index (χ2v) is 5.75. The van der Waals surface area contributed by atoms with Gasteiger partial charge in [0.2, 0.25) is 5.91 Å². The van der Waals surface area contributed by atoms with E-state index in [4.69, 9.17) is 5.73 Å². The predicted octanol–water partition coefficient (Wildman–Crippen LogP) is 1.49. The number of carbonyl (C=O) groups excluding carboxylic acids is 1. The van der Waals surface area contributed by atoms with Crippen LogP contribution in [-0.4, -0.2) is 42.0 Å². The van der Waals surface area contributed by atoms with Gasteiger partial charge in [0.05, 0.1) is 0 Å². The lowest BCUT2D eigenvalue weighted by Gasteiger charge is -2.34. The summed E-state index contributed by atoms with van der Waals surface area (Å²) in [6, 6.07) is 0.947. The number of hydrogen-bond donors (Lipinski definition) is 2. The van der Waals surface area contributed by atoms with Crippen LogP contribution >= 0.6 is 0 Å². The van der Waals surface area contributed by atoms with Gasteiger partial charge in [-0.15, -0.1) is 0 Å². The van der Waals surface area contributed by atoms with Gasteiger partial charge in [0, 0.05) is 31.1 Å². The molecule has 1 fully saturated rings. The summed E-state index contributed by atoms with van der Waals surface area (Å²) in [4.78, 5) is 14.3. The SMILES string of the molecule is CC(C)NC(=O)CC(CN)N1CCCCCC1C. The number of nitrogens with two attached hydrogens (primary N) is 1. The largest absolute Gasteiger partial charge is 0.354 e. The van der Waals surface area contributed by atoms with Crippen LogP contribution in [-0.2, 0) is 4.79 Å². The standard InChI is InChI=1S/C14H29N3O/c1-11(2)16-14(18)9-13(10-15)17-8-6-4-5-7-12(17)3/h11-13H,4-10,15H2,1-3H3,(H,16,18). The third-order valence-electron chi connectivity index (χ3n) is 3.72. The van der Waals surface area contributed by atoms with Gasteiger partial charge in [0.25, 0.3) is 0 Å². The van der Waals surface area contributed by atoms with Crippen molar-refractivity contribution in [2.24, 2.45) is 5.73 Å². The van der Waals surface area contributed by atoms with Gasteiger partial charge in [-0.05, 0) is 40.2 Å². The number of amides is 1. The smallest absolute Gasteiger partial charge is 0.221 e. The molecule has 1 amide bonds. The molecule has 1 aliphatic rings. The summed E-state index contributed by atoms with van der Waals surface area (Å²) < 4.78 is 0. The lowest BCUT2D eigenvalue weighted by atomic mass is 10.1. The van der Waals surface area contributed by atoms with Crippen molar-refractivity contribution in [3.05, 3.63) is 0 Å². The van der Waals surface area contributed by atoms with Crippen LogP contribution in [0.15, 0.2) is 0 Å². The first-order chi connectivity index (χ1) is 8.54. The van der Waals surface area contributed by atoms with E-state index in [-0.39, 0.29) is 18.0 Å². The monoisotopic (exact) mass is 255 g/mol. The summed E-state index contributed by atoms with van der Waals surface area (Å²) in [5.74, 6) is 0.122. The van der Waals surface area contributed by atoms with Crippen molar-refractivity contribution >= 4 is 5.91 Å². The lowest BCUT2D eigenvalue weighted by molar-refractivity contribution is -0.123. The number of nitrogens with one attached hydrogen (secondary N) is 1. The summed E-state index contributed by atoms with van der Waals surface area (Å²) in [5.41, 5.74) is 5.87. The molecule has 106 valence electrons. The van der Waals surface area contributed by atoms with Gasteiger partial charge < -0.3 is 11.1 Å². The molecule has 4 nitrogen and oxygen atoms in total. The van der Waals surface area contributed by atoms with Crippen molar-refractivity contribution < 1.29 is 4.79 Å². The van der Waals surface area contributed by atoms with Crippen molar-refractivity contribution in [3.63, 3.8) is 0 Å². The number of rotatable bonds is 5. The second kappa shape index (κ2) is 7.74. The molecule has 18 heavy (non-hydrogen) atoms. The minimum atomic E-state index is 0.122. The Morgan fingerprint density at radius 3 is 2.72 bits per heavy atom. The Morgan fingerprint density at radius 1 is 1.39 bits per heavy atom. The minimum Gasteiger partial charge on any atom is -0.354 e. The van der Waals surface area contributed by atoms with Crippen LogP contribution in [0.25, 0.3) is 0 Å². The van der Waals surface area contributed by atoms with Crippen LogP contribution in [0.5, 0.6) is 0 Å². The van der Waals surface area contributed by atoms with Crippen molar-refractivity contribution in [1.29, 1.82) is 0 Å². The van der Waals surface area contributed by atoms with E-state index in [1.165, 1.54) is 25.7 Å². The van der Waals surface area contributed by atoms with E-state index in [0.29, 0.717) is 19.0 Å². The fourth-order valence-electron chi connectivity index (χ4n) is 2.77. The molecule has 0 aromatic rings. The Kier molecular flexibility index (Phi) is 6.65. The van der Waals surface area contributed by atoms with Crippen molar-refractivity contribution in [2.75, 3.05) is 13.1 Å². The third-order valence-corrected chi connectivity index (χ3v) is 3.72. The van der Waals surface area contributed by atoms with E-state index in [2.05, 4.69) is 17.1 Å². The molecule has 0 aliphatic carbocycles. The van der Waals surface area contributed by atoms with Gasteiger partial charge in [0.15, 0.2) is 0 Å². The summed E-state index contributed by atoms with van der Waals surface area (Å²) in [5, 5.41) is 2.96. The number of hydrogen-bond acceptors (Lipinski definition) is 3. The second-order valence-electron chi connectivity index (χ2n) is 5.75. The highest BCUT2D eigenvalue weighted by molar-refractivity contribution is 5.76. The maximum absolute atomic E-state index is 11.9. The van der Waals surface area contributed by atoms with Crippen molar-refractivity contribution in [2.45, 2.75) is 71.0 Å². The highest BCUT2D eigenvalue weighted by Crippen LogP contribution is 2.19. The molecule has 0 spiro atoms. The normalized spacial score (nSPS) is 23.7. The van der Waals surface area contributed by atoms with Gasteiger partial charge in [0.1, 0.15) is 0 Å². The molecular weight excluding hydrogens is 226 g/mol. The summed E-state index contributed by atoms with van der Waals surface area (Å²) in [6.45, 7) is 7.88. The Morgan fingerprint density at radius 2 is 2.11 bits per heavy atom. The Balaban J connectivity index is 2.55. The fourth-order valence-corrected chi connectivity index (χ4v) is 2.77. The van der Waals surface area contributed by atoms with E-state index >= 15 is 0 Å². The van der Waals surface area contributed by atoms with Crippen LogP contribution in [0, 0.1) is 0 Å². The zero-order chi connectivity index (χ0) is 13.5. The average Bonchev–Trinajstić information content (AvgIpc) is 2.50. The molecule has 1 aliphatic heterocycles. The van der Waals surface area contributed by atoms with E-state index in [1.54, 1.807) is 0 Å². The topological polar surface area (TPSA) is 58.4 Å². The molecule has 0 aromatic carbocycles. The zero-order valence-corrected chi connectivity index (χ0v) is 12.1. The maximum Gasteiger partial charge on any atom is 0.221 e. The Labute approximate surface area is 111 Å². The molecule has 2 unspecified atom stereocenters.